The molecule has 1 aromatic rings. The lowest BCUT2D eigenvalue weighted by atomic mass is 10.1. The first-order valence-electron chi connectivity index (χ1n) is 8.27. The van der Waals surface area contributed by atoms with Gasteiger partial charge in [-0.25, -0.2) is 9.59 Å². The van der Waals surface area contributed by atoms with Gasteiger partial charge in [-0.3, -0.25) is 9.58 Å². The Hall–Kier alpha value is -2.35. The molecule has 1 aromatic heterocycles. The summed E-state index contributed by atoms with van der Waals surface area (Å²) in [5.41, 5.74) is 1.34. The molecule has 0 aliphatic carbocycles. The molecule has 2 aliphatic rings. The van der Waals surface area contributed by atoms with Crippen LogP contribution in [0.5, 0.6) is 0 Å². The minimum Gasteiger partial charge on any atom is -0.475 e. The number of carboxylic acid groups (broad SMARTS) is 2. The number of likely N-dealkylation sites (tertiary alicyclic amines) is 1. The van der Waals surface area contributed by atoms with Crippen LogP contribution in [0.3, 0.4) is 0 Å². The zero-order valence-electron chi connectivity index (χ0n) is 15.2. The van der Waals surface area contributed by atoms with Crippen molar-refractivity contribution >= 4 is 11.9 Å². The highest BCUT2D eigenvalue weighted by atomic mass is 19.4. The van der Waals surface area contributed by atoms with Crippen molar-refractivity contribution < 1.29 is 46.1 Å². The maximum Gasteiger partial charge on any atom is 0.490 e. The number of fused-ring (bicyclic) bond motifs is 1. The van der Waals surface area contributed by atoms with Crippen LogP contribution in [-0.2, 0) is 23.2 Å². The van der Waals surface area contributed by atoms with Crippen molar-refractivity contribution in [3.8, 4) is 0 Å². The number of hydrogen-bond donors (Lipinski definition) is 3. The number of aromatic nitrogens is 2. The van der Waals surface area contributed by atoms with Crippen LogP contribution in [-0.4, -0.2) is 74.4 Å². The van der Waals surface area contributed by atoms with Crippen molar-refractivity contribution in [2.75, 3.05) is 13.1 Å². The SMILES string of the molecule is Cn1cc(CN2CCC3NCCC32)cn1.O=C(O)C(F)(F)F.O=C(O)C(F)(F)F. The number of nitrogens with zero attached hydrogens (tertiary/aromatic N) is 3. The van der Waals surface area contributed by atoms with E-state index in [9.17, 15) is 26.3 Å². The van der Waals surface area contributed by atoms with Crippen LogP contribution in [0.2, 0.25) is 0 Å². The Labute approximate surface area is 161 Å². The fourth-order valence-corrected chi connectivity index (χ4v) is 2.94. The molecule has 0 radical (unpaired) electrons. The average molecular weight is 434 g/mol. The summed E-state index contributed by atoms with van der Waals surface area (Å²) in [5, 5.41) is 22.0. The first kappa shape index (κ1) is 24.7. The van der Waals surface area contributed by atoms with Gasteiger partial charge in [0, 0.05) is 44.0 Å². The van der Waals surface area contributed by atoms with Crippen molar-refractivity contribution in [3.05, 3.63) is 18.0 Å². The van der Waals surface area contributed by atoms with Crippen LogP contribution < -0.4 is 5.32 Å². The highest BCUT2D eigenvalue weighted by Crippen LogP contribution is 2.26. The molecule has 0 amide bonds. The smallest absolute Gasteiger partial charge is 0.475 e. The maximum atomic E-state index is 10.6. The third kappa shape index (κ3) is 8.27. The number of aliphatic carboxylic acids is 2. The fraction of sp³-hybridized carbons (Fsp3) is 0.667. The lowest BCUT2D eigenvalue weighted by Crippen LogP contribution is -2.33. The number of carboxylic acids is 2. The normalized spacial score (nSPS) is 21.5. The summed E-state index contributed by atoms with van der Waals surface area (Å²) in [4.78, 5) is 20.4. The molecule has 2 saturated heterocycles. The van der Waals surface area contributed by atoms with Crippen LogP contribution in [0.25, 0.3) is 0 Å². The van der Waals surface area contributed by atoms with E-state index in [1.54, 1.807) is 0 Å². The van der Waals surface area contributed by atoms with Gasteiger partial charge < -0.3 is 15.5 Å². The fourth-order valence-electron chi connectivity index (χ4n) is 2.94. The number of aryl methyl sites for hydroxylation is 1. The van der Waals surface area contributed by atoms with Crippen LogP contribution in [0.15, 0.2) is 12.4 Å². The summed E-state index contributed by atoms with van der Waals surface area (Å²) in [6.45, 7) is 3.49. The van der Waals surface area contributed by atoms with E-state index in [1.165, 1.54) is 31.5 Å². The van der Waals surface area contributed by atoms with Gasteiger partial charge in [0.1, 0.15) is 0 Å². The number of rotatable bonds is 2. The second-order valence-corrected chi connectivity index (χ2v) is 6.30. The van der Waals surface area contributed by atoms with Crippen molar-refractivity contribution in [1.29, 1.82) is 0 Å². The summed E-state index contributed by atoms with van der Waals surface area (Å²) in [5.74, 6) is -5.51. The molecule has 3 heterocycles. The summed E-state index contributed by atoms with van der Waals surface area (Å²) in [6, 6.07) is 1.52. The molecule has 3 N–H and O–H groups in total. The lowest BCUT2D eigenvalue weighted by molar-refractivity contribution is -0.193. The molecule has 2 atom stereocenters. The molecule has 8 nitrogen and oxygen atoms in total. The minimum absolute atomic E-state index is 0.752. The van der Waals surface area contributed by atoms with Gasteiger partial charge in [0.15, 0.2) is 0 Å². The minimum atomic E-state index is -5.08. The Kier molecular flexibility index (Phi) is 8.44. The molecule has 2 fully saturated rings. The number of nitrogens with one attached hydrogen (secondary N) is 1. The molecule has 0 saturated carbocycles. The summed E-state index contributed by atoms with van der Waals surface area (Å²) >= 11 is 0. The number of carbonyl (C=O) groups is 2. The molecule has 3 rings (SSSR count). The molecular weight excluding hydrogens is 414 g/mol. The summed E-state index contributed by atoms with van der Waals surface area (Å²) < 4.78 is 65.4. The largest absolute Gasteiger partial charge is 0.490 e. The van der Waals surface area contributed by atoms with Crippen LogP contribution in [0, 0.1) is 0 Å². The van der Waals surface area contributed by atoms with Gasteiger partial charge in [0.2, 0.25) is 0 Å². The van der Waals surface area contributed by atoms with E-state index in [4.69, 9.17) is 19.8 Å². The Balaban J connectivity index is 0.000000255. The third-order valence-corrected chi connectivity index (χ3v) is 4.14. The maximum absolute atomic E-state index is 10.6. The Morgan fingerprint density at radius 2 is 1.66 bits per heavy atom. The summed E-state index contributed by atoms with van der Waals surface area (Å²) in [7, 11) is 1.98. The quantitative estimate of drug-likeness (QED) is 0.608. The number of halogens is 6. The van der Waals surface area contributed by atoms with E-state index < -0.39 is 24.3 Å². The molecule has 2 unspecified atom stereocenters. The molecule has 2 aliphatic heterocycles. The number of alkyl halides is 6. The van der Waals surface area contributed by atoms with Gasteiger partial charge in [-0.1, -0.05) is 0 Å². The van der Waals surface area contributed by atoms with E-state index in [0.29, 0.717) is 0 Å². The van der Waals surface area contributed by atoms with E-state index in [1.807, 2.05) is 17.9 Å². The van der Waals surface area contributed by atoms with E-state index in [-0.39, 0.29) is 0 Å². The predicted molar refractivity (Wildman–Crippen MR) is 85.8 cm³/mol. The Bertz CT molecular complexity index is 667. The average Bonchev–Trinajstić information content (AvgIpc) is 3.26. The van der Waals surface area contributed by atoms with Gasteiger partial charge >= 0.3 is 24.3 Å². The molecule has 0 spiro atoms. The highest BCUT2D eigenvalue weighted by Gasteiger charge is 2.39. The van der Waals surface area contributed by atoms with Gasteiger partial charge in [-0.05, 0) is 19.4 Å². The Morgan fingerprint density at radius 1 is 1.14 bits per heavy atom. The van der Waals surface area contributed by atoms with Gasteiger partial charge in [0.25, 0.3) is 0 Å². The zero-order valence-corrected chi connectivity index (χ0v) is 15.2. The van der Waals surface area contributed by atoms with Crippen LogP contribution >= 0.6 is 0 Å². The van der Waals surface area contributed by atoms with E-state index in [2.05, 4.69) is 21.5 Å². The van der Waals surface area contributed by atoms with Gasteiger partial charge in [-0.2, -0.15) is 31.4 Å². The Morgan fingerprint density at radius 3 is 2.07 bits per heavy atom. The monoisotopic (exact) mass is 434 g/mol. The molecular formula is C15H20F6N4O4. The standard InChI is InChI=1S/C11H18N4.2C2HF3O2/c1-14-7-9(6-13-14)8-15-5-3-10-11(15)2-4-12-10;2*3-2(4,5)1(6)7/h6-7,10-12H,2-5,8H2,1H3;2*(H,6,7). The van der Waals surface area contributed by atoms with Crippen LogP contribution in [0.1, 0.15) is 18.4 Å². The van der Waals surface area contributed by atoms with Crippen molar-refractivity contribution in [2.24, 2.45) is 7.05 Å². The second-order valence-electron chi connectivity index (χ2n) is 6.30. The molecule has 166 valence electrons. The van der Waals surface area contributed by atoms with Crippen LogP contribution in [0.4, 0.5) is 26.3 Å². The summed E-state index contributed by atoms with van der Waals surface area (Å²) in [6.07, 6.45) is -3.44. The van der Waals surface area contributed by atoms with E-state index >= 15 is 0 Å². The zero-order chi connectivity index (χ0) is 22.4. The van der Waals surface area contributed by atoms with Crippen molar-refractivity contribution in [1.82, 2.24) is 20.0 Å². The first-order valence-corrected chi connectivity index (χ1v) is 8.27. The van der Waals surface area contributed by atoms with E-state index in [0.717, 1.165) is 18.6 Å². The molecule has 0 aromatic carbocycles. The van der Waals surface area contributed by atoms with Gasteiger partial charge in [-0.15, -0.1) is 0 Å². The third-order valence-electron chi connectivity index (χ3n) is 4.14. The van der Waals surface area contributed by atoms with Crippen molar-refractivity contribution in [3.63, 3.8) is 0 Å². The van der Waals surface area contributed by atoms with Crippen molar-refractivity contribution in [2.45, 2.75) is 43.8 Å². The topological polar surface area (TPSA) is 108 Å². The second kappa shape index (κ2) is 9.91. The lowest BCUT2D eigenvalue weighted by Gasteiger charge is -2.22. The molecule has 14 heteroatoms. The molecule has 29 heavy (non-hydrogen) atoms. The molecule has 0 bridgehead atoms. The predicted octanol–water partition coefficient (Wildman–Crippen LogP) is 1.62. The first-order chi connectivity index (χ1) is 13.2. The van der Waals surface area contributed by atoms with Gasteiger partial charge in [0.05, 0.1) is 6.20 Å². The number of hydrogen-bond acceptors (Lipinski definition) is 5. The highest BCUT2D eigenvalue weighted by molar-refractivity contribution is 5.73.